The van der Waals surface area contributed by atoms with Crippen LogP contribution in [-0.4, -0.2) is 32.6 Å². The van der Waals surface area contributed by atoms with Crippen LogP contribution in [0.15, 0.2) is 29.2 Å². The van der Waals surface area contributed by atoms with Gasteiger partial charge in [-0.2, -0.15) is 5.10 Å². The fourth-order valence-electron chi connectivity index (χ4n) is 2.56. The quantitative estimate of drug-likeness (QED) is 0.846. The molecule has 6 heteroatoms. The molecule has 0 radical (unpaired) electrons. The molecule has 0 aromatic carbocycles. The molecule has 1 fully saturated rings. The first-order valence-electron chi connectivity index (χ1n) is 7.24. The van der Waals surface area contributed by atoms with Gasteiger partial charge in [-0.25, -0.2) is 9.67 Å². The average molecular weight is 288 g/mol. The second kappa shape index (κ2) is 5.35. The van der Waals surface area contributed by atoms with E-state index in [2.05, 4.69) is 17.0 Å². The summed E-state index contributed by atoms with van der Waals surface area (Å²) >= 11 is 0. The molecule has 1 saturated carbocycles. The largest absolute Gasteiger partial charge is 0.464 e. The third-order valence-electron chi connectivity index (χ3n) is 4.12. The van der Waals surface area contributed by atoms with E-state index in [1.54, 1.807) is 23.0 Å². The number of nitrogens with zero attached hydrogens (tertiary/aromatic N) is 4. The lowest BCUT2D eigenvalue weighted by atomic mass is 10.2. The lowest BCUT2D eigenvalue weighted by Gasteiger charge is -2.20. The van der Waals surface area contributed by atoms with Crippen LogP contribution in [0.4, 0.5) is 0 Å². The highest BCUT2D eigenvalue weighted by Gasteiger charge is 2.36. The number of hydrogen-bond donors (Lipinski definition) is 0. The summed E-state index contributed by atoms with van der Waals surface area (Å²) in [4.78, 5) is 17.9. The van der Waals surface area contributed by atoms with Crippen molar-refractivity contribution in [2.45, 2.75) is 38.8 Å². The lowest BCUT2D eigenvalue weighted by molar-refractivity contribution is -0.134. The van der Waals surface area contributed by atoms with Crippen LogP contribution in [0.3, 0.4) is 0 Å². The first-order chi connectivity index (χ1) is 10.1. The third-order valence-corrected chi connectivity index (χ3v) is 4.12. The fourth-order valence-corrected chi connectivity index (χ4v) is 2.56. The third kappa shape index (κ3) is 2.84. The van der Waals surface area contributed by atoms with E-state index in [0.717, 1.165) is 17.4 Å². The van der Waals surface area contributed by atoms with Crippen molar-refractivity contribution in [3.63, 3.8) is 0 Å². The molecular formula is C15H20N4O2. The van der Waals surface area contributed by atoms with Crippen LogP contribution in [0, 0.1) is 5.92 Å². The molecule has 3 rings (SSSR count). The summed E-state index contributed by atoms with van der Waals surface area (Å²) in [5.41, 5.74) is 0. The van der Waals surface area contributed by atoms with Gasteiger partial charge in [0.2, 0.25) is 5.91 Å². The van der Waals surface area contributed by atoms with Crippen molar-refractivity contribution in [1.29, 1.82) is 0 Å². The van der Waals surface area contributed by atoms with Crippen molar-refractivity contribution >= 4 is 5.91 Å². The van der Waals surface area contributed by atoms with Gasteiger partial charge in [-0.05, 0) is 31.4 Å². The number of carbonyl (C=O) groups is 1. The number of amides is 1. The molecule has 3 unspecified atom stereocenters. The van der Waals surface area contributed by atoms with Gasteiger partial charge in [0.1, 0.15) is 30.2 Å². The number of rotatable bonds is 5. The highest BCUT2D eigenvalue weighted by molar-refractivity contribution is 5.79. The van der Waals surface area contributed by atoms with Gasteiger partial charge in [0.15, 0.2) is 0 Å². The van der Waals surface area contributed by atoms with E-state index in [1.807, 2.05) is 19.1 Å². The first-order valence-corrected chi connectivity index (χ1v) is 7.24. The molecule has 2 heterocycles. The van der Waals surface area contributed by atoms with Gasteiger partial charge in [-0.15, -0.1) is 0 Å². The number of furan rings is 1. The Kier molecular flexibility index (Phi) is 3.53. The zero-order valence-electron chi connectivity index (χ0n) is 12.6. The van der Waals surface area contributed by atoms with E-state index >= 15 is 0 Å². The van der Waals surface area contributed by atoms with Gasteiger partial charge in [0.05, 0.1) is 6.54 Å². The SMILES string of the molecule is CC1CC1c1ccc(CN(C)C(=O)C(C)n2cncn2)o1. The molecule has 21 heavy (non-hydrogen) atoms. The van der Waals surface area contributed by atoms with Crippen LogP contribution in [0.5, 0.6) is 0 Å². The summed E-state index contributed by atoms with van der Waals surface area (Å²) < 4.78 is 7.39. The molecule has 3 atom stereocenters. The van der Waals surface area contributed by atoms with Crippen LogP contribution in [-0.2, 0) is 11.3 Å². The molecule has 0 N–H and O–H groups in total. The summed E-state index contributed by atoms with van der Waals surface area (Å²) in [5.74, 6) is 3.14. The summed E-state index contributed by atoms with van der Waals surface area (Å²) in [6, 6.07) is 3.63. The Bertz CT molecular complexity index is 619. The van der Waals surface area contributed by atoms with E-state index in [9.17, 15) is 4.79 Å². The molecule has 0 bridgehead atoms. The molecule has 2 aromatic heterocycles. The first kappa shape index (κ1) is 13.9. The number of likely N-dealkylation sites (N-methyl/N-ethyl adjacent to an activating group) is 1. The van der Waals surface area contributed by atoms with Crippen molar-refractivity contribution in [3.8, 4) is 0 Å². The minimum atomic E-state index is -0.365. The van der Waals surface area contributed by atoms with Crippen LogP contribution < -0.4 is 0 Å². The fraction of sp³-hybridized carbons (Fsp3) is 0.533. The summed E-state index contributed by atoms with van der Waals surface area (Å²) in [7, 11) is 1.78. The Morgan fingerprint density at radius 2 is 2.33 bits per heavy atom. The van der Waals surface area contributed by atoms with E-state index < -0.39 is 0 Å². The predicted octanol–water partition coefficient (Wildman–Crippen LogP) is 2.21. The Balaban J connectivity index is 1.61. The van der Waals surface area contributed by atoms with Gasteiger partial charge in [-0.3, -0.25) is 4.79 Å². The Labute approximate surface area is 123 Å². The van der Waals surface area contributed by atoms with E-state index in [4.69, 9.17) is 4.42 Å². The second-order valence-corrected chi connectivity index (χ2v) is 5.87. The normalized spacial score (nSPS) is 22.0. The van der Waals surface area contributed by atoms with Crippen molar-refractivity contribution in [2.24, 2.45) is 5.92 Å². The Hall–Kier alpha value is -2.11. The predicted molar refractivity (Wildman–Crippen MR) is 76.4 cm³/mol. The number of aromatic nitrogens is 3. The molecule has 112 valence electrons. The minimum absolute atomic E-state index is 0.0155. The molecule has 0 saturated heterocycles. The molecule has 0 spiro atoms. The Morgan fingerprint density at radius 1 is 1.57 bits per heavy atom. The van der Waals surface area contributed by atoms with Gasteiger partial charge in [-0.1, -0.05) is 6.92 Å². The second-order valence-electron chi connectivity index (χ2n) is 5.87. The molecule has 1 aliphatic rings. The molecule has 1 aliphatic carbocycles. The smallest absolute Gasteiger partial charge is 0.247 e. The van der Waals surface area contributed by atoms with Crippen LogP contribution in [0.2, 0.25) is 0 Å². The van der Waals surface area contributed by atoms with Crippen molar-refractivity contribution in [3.05, 3.63) is 36.3 Å². The van der Waals surface area contributed by atoms with Crippen LogP contribution in [0.25, 0.3) is 0 Å². The van der Waals surface area contributed by atoms with Crippen molar-refractivity contribution in [2.75, 3.05) is 7.05 Å². The molecular weight excluding hydrogens is 268 g/mol. The standard InChI is InChI=1S/C15H20N4O2/c1-10-6-13(10)14-5-4-12(21-14)7-18(3)15(20)11(2)19-9-16-8-17-19/h4-5,8-11,13H,6-7H2,1-3H3. The van der Waals surface area contributed by atoms with Gasteiger partial charge >= 0.3 is 0 Å². The average Bonchev–Trinajstić information content (AvgIpc) is 2.92. The maximum Gasteiger partial charge on any atom is 0.247 e. The highest BCUT2D eigenvalue weighted by atomic mass is 16.3. The highest BCUT2D eigenvalue weighted by Crippen LogP contribution is 2.47. The maximum absolute atomic E-state index is 12.3. The molecule has 0 aliphatic heterocycles. The zero-order valence-corrected chi connectivity index (χ0v) is 12.6. The van der Waals surface area contributed by atoms with Crippen molar-refractivity contribution < 1.29 is 9.21 Å². The minimum Gasteiger partial charge on any atom is -0.464 e. The van der Waals surface area contributed by atoms with Crippen LogP contribution in [0.1, 0.15) is 43.7 Å². The zero-order chi connectivity index (χ0) is 15.0. The van der Waals surface area contributed by atoms with Gasteiger partial charge < -0.3 is 9.32 Å². The topological polar surface area (TPSA) is 64.2 Å². The monoisotopic (exact) mass is 288 g/mol. The molecule has 2 aromatic rings. The van der Waals surface area contributed by atoms with Crippen LogP contribution >= 0.6 is 0 Å². The van der Waals surface area contributed by atoms with Gasteiger partial charge in [0, 0.05) is 13.0 Å². The van der Waals surface area contributed by atoms with Gasteiger partial charge in [0.25, 0.3) is 0 Å². The summed E-state index contributed by atoms with van der Waals surface area (Å²) in [5, 5.41) is 4.01. The Morgan fingerprint density at radius 3 is 2.95 bits per heavy atom. The van der Waals surface area contributed by atoms with Crippen molar-refractivity contribution in [1.82, 2.24) is 19.7 Å². The molecule has 6 nitrogen and oxygen atoms in total. The van der Waals surface area contributed by atoms with E-state index in [1.165, 1.54) is 12.7 Å². The summed E-state index contributed by atoms with van der Waals surface area (Å²) in [6.45, 7) is 4.51. The lowest BCUT2D eigenvalue weighted by Crippen LogP contribution is -2.32. The van der Waals surface area contributed by atoms with E-state index in [0.29, 0.717) is 12.5 Å². The maximum atomic E-state index is 12.3. The number of hydrogen-bond acceptors (Lipinski definition) is 4. The molecule has 1 amide bonds. The summed E-state index contributed by atoms with van der Waals surface area (Å²) in [6.07, 6.45) is 4.18. The number of carbonyl (C=O) groups excluding carboxylic acids is 1. The van der Waals surface area contributed by atoms with E-state index in [-0.39, 0.29) is 11.9 Å².